The number of phenols is 1. The molecule has 0 atom stereocenters. The summed E-state index contributed by atoms with van der Waals surface area (Å²) in [7, 11) is 0. The highest BCUT2D eigenvalue weighted by molar-refractivity contribution is 6.10. The van der Waals surface area contributed by atoms with Crippen LogP contribution < -0.4 is 5.32 Å². The molecule has 0 radical (unpaired) electrons. The Labute approximate surface area is 161 Å². The zero-order chi connectivity index (χ0) is 19.7. The van der Waals surface area contributed by atoms with E-state index in [1.807, 2.05) is 38.1 Å². The van der Waals surface area contributed by atoms with Crippen LogP contribution in [0.4, 0.5) is 11.9 Å². The van der Waals surface area contributed by atoms with Crippen LogP contribution >= 0.6 is 0 Å². The molecule has 0 bridgehead atoms. The summed E-state index contributed by atoms with van der Waals surface area (Å²) in [6, 6.07) is 12.6. The fraction of sp³-hybridized carbons (Fsp3) is 0.0952. The van der Waals surface area contributed by atoms with Gasteiger partial charge in [0.1, 0.15) is 5.75 Å². The van der Waals surface area contributed by atoms with Gasteiger partial charge >= 0.3 is 0 Å². The van der Waals surface area contributed by atoms with Gasteiger partial charge in [0, 0.05) is 17.8 Å². The third-order valence-electron chi connectivity index (χ3n) is 4.33. The minimum atomic E-state index is -0.342. The first-order valence-electron chi connectivity index (χ1n) is 8.68. The maximum Gasteiger partial charge on any atom is 0.230 e. The molecule has 0 aliphatic rings. The molecule has 4 rings (SSSR count). The number of fused-ring (bicyclic) bond motifs is 1. The highest BCUT2D eigenvalue weighted by Gasteiger charge is 2.15. The normalized spacial score (nSPS) is 10.8. The van der Waals surface area contributed by atoms with Crippen molar-refractivity contribution in [2.75, 3.05) is 5.32 Å². The van der Waals surface area contributed by atoms with Gasteiger partial charge in [-0.2, -0.15) is 0 Å². The van der Waals surface area contributed by atoms with Crippen LogP contribution in [0.15, 0.2) is 54.9 Å². The highest BCUT2D eigenvalue weighted by atomic mass is 16.3. The van der Waals surface area contributed by atoms with Crippen LogP contribution in [-0.2, 0) is 0 Å². The number of rotatable bonds is 4. The van der Waals surface area contributed by atoms with Crippen molar-refractivity contribution in [2.45, 2.75) is 13.8 Å². The Kier molecular flexibility index (Phi) is 4.41. The standard InChI is InChI=1S/C21H17N5O2/c1-12-7-8-18(27)16(9-12)19(28)14-10-22-20(23-11-14)26-21-24-13(2)15-5-3-4-6-17(15)25-21/h3-11,27H,1-2H3,(H,22,23,24,25,26). The summed E-state index contributed by atoms with van der Waals surface area (Å²) in [5.74, 6) is 0.245. The molecule has 7 nitrogen and oxygen atoms in total. The van der Waals surface area contributed by atoms with Crippen molar-refractivity contribution in [3.05, 3.63) is 77.2 Å². The average Bonchev–Trinajstić information content (AvgIpc) is 2.70. The van der Waals surface area contributed by atoms with Gasteiger partial charge < -0.3 is 5.11 Å². The SMILES string of the molecule is Cc1ccc(O)c(C(=O)c2cnc(Nc3nc(C)c4ccccc4n3)nc2)c1. The Morgan fingerprint density at radius 1 is 0.964 bits per heavy atom. The van der Waals surface area contributed by atoms with Gasteiger partial charge in [-0.15, -0.1) is 0 Å². The second-order valence-corrected chi connectivity index (χ2v) is 6.42. The Balaban J connectivity index is 1.58. The van der Waals surface area contributed by atoms with Gasteiger partial charge in [0.05, 0.1) is 22.3 Å². The first-order chi connectivity index (χ1) is 13.5. The fourth-order valence-electron chi connectivity index (χ4n) is 2.89. The van der Waals surface area contributed by atoms with E-state index < -0.39 is 0 Å². The van der Waals surface area contributed by atoms with Gasteiger partial charge in [-0.1, -0.05) is 29.8 Å². The smallest absolute Gasteiger partial charge is 0.230 e. The lowest BCUT2D eigenvalue weighted by Gasteiger charge is -2.08. The van der Waals surface area contributed by atoms with Gasteiger partial charge in [0.25, 0.3) is 0 Å². The number of ketones is 1. The predicted molar refractivity (Wildman–Crippen MR) is 106 cm³/mol. The number of nitrogens with zero attached hydrogens (tertiary/aromatic N) is 4. The molecular formula is C21H17N5O2. The number of aromatic hydroxyl groups is 1. The highest BCUT2D eigenvalue weighted by Crippen LogP contribution is 2.22. The molecule has 0 spiro atoms. The van der Waals surface area contributed by atoms with Crippen LogP contribution in [0.25, 0.3) is 10.9 Å². The molecule has 0 fully saturated rings. The van der Waals surface area contributed by atoms with Crippen molar-refractivity contribution in [1.29, 1.82) is 0 Å². The molecule has 7 heteroatoms. The molecule has 0 aliphatic heterocycles. The minimum absolute atomic E-state index is 0.0714. The topological polar surface area (TPSA) is 101 Å². The molecule has 2 heterocycles. The molecule has 0 saturated heterocycles. The first kappa shape index (κ1) is 17.5. The Bertz CT molecular complexity index is 1190. The Hall–Kier alpha value is -3.87. The number of nitrogens with one attached hydrogen (secondary N) is 1. The van der Waals surface area contributed by atoms with Gasteiger partial charge in [-0.05, 0) is 32.0 Å². The zero-order valence-corrected chi connectivity index (χ0v) is 15.3. The van der Waals surface area contributed by atoms with Crippen molar-refractivity contribution in [1.82, 2.24) is 19.9 Å². The van der Waals surface area contributed by atoms with Gasteiger partial charge in [0.15, 0.2) is 5.78 Å². The van der Waals surface area contributed by atoms with Crippen molar-refractivity contribution in [2.24, 2.45) is 0 Å². The minimum Gasteiger partial charge on any atom is -0.507 e. The molecule has 0 unspecified atom stereocenters. The molecule has 0 saturated carbocycles. The quantitative estimate of drug-likeness (QED) is 0.527. The van der Waals surface area contributed by atoms with E-state index in [0.717, 1.165) is 22.2 Å². The van der Waals surface area contributed by atoms with Crippen LogP contribution in [0, 0.1) is 13.8 Å². The van der Waals surface area contributed by atoms with E-state index in [-0.39, 0.29) is 28.6 Å². The van der Waals surface area contributed by atoms with Gasteiger partial charge in [-0.3, -0.25) is 10.1 Å². The predicted octanol–water partition coefficient (Wildman–Crippen LogP) is 3.72. The first-order valence-corrected chi connectivity index (χ1v) is 8.68. The third-order valence-corrected chi connectivity index (χ3v) is 4.33. The van der Waals surface area contributed by atoms with E-state index >= 15 is 0 Å². The Morgan fingerprint density at radius 2 is 1.71 bits per heavy atom. The number of anilines is 2. The van der Waals surface area contributed by atoms with Crippen LogP contribution in [0.3, 0.4) is 0 Å². The molecule has 2 N–H and O–H groups in total. The third kappa shape index (κ3) is 3.37. The molecule has 0 amide bonds. The number of para-hydroxylation sites is 1. The van der Waals surface area contributed by atoms with E-state index in [4.69, 9.17) is 0 Å². The van der Waals surface area contributed by atoms with Crippen LogP contribution in [0.2, 0.25) is 0 Å². The largest absolute Gasteiger partial charge is 0.507 e. The van der Waals surface area contributed by atoms with Crippen LogP contribution in [0.5, 0.6) is 5.75 Å². The number of benzene rings is 2. The molecule has 2 aromatic carbocycles. The van der Waals surface area contributed by atoms with Gasteiger partial charge in [0.2, 0.25) is 11.9 Å². The maximum atomic E-state index is 12.6. The van der Waals surface area contributed by atoms with Crippen molar-refractivity contribution in [3.63, 3.8) is 0 Å². The van der Waals surface area contributed by atoms with Crippen molar-refractivity contribution >= 4 is 28.6 Å². The van der Waals surface area contributed by atoms with E-state index in [2.05, 4.69) is 25.3 Å². The summed E-state index contributed by atoms with van der Waals surface area (Å²) in [4.78, 5) is 29.8. The molecule has 138 valence electrons. The summed E-state index contributed by atoms with van der Waals surface area (Å²) < 4.78 is 0. The zero-order valence-electron chi connectivity index (χ0n) is 15.3. The number of aromatic nitrogens is 4. The number of carbonyl (C=O) groups excluding carboxylic acids is 1. The lowest BCUT2D eigenvalue weighted by atomic mass is 10.0. The number of hydrogen-bond donors (Lipinski definition) is 2. The Morgan fingerprint density at radius 3 is 2.50 bits per heavy atom. The summed E-state index contributed by atoms with van der Waals surface area (Å²) in [6.07, 6.45) is 2.82. The summed E-state index contributed by atoms with van der Waals surface area (Å²) in [6.45, 7) is 3.76. The number of phenolic OH excluding ortho intramolecular Hbond substituents is 1. The second kappa shape index (κ2) is 7.03. The van der Waals surface area contributed by atoms with Crippen molar-refractivity contribution < 1.29 is 9.90 Å². The van der Waals surface area contributed by atoms with E-state index in [9.17, 15) is 9.90 Å². The number of carbonyl (C=O) groups is 1. The van der Waals surface area contributed by atoms with E-state index in [0.29, 0.717) is 5.95 Å². The number of aryl methyl sites for hydroxylation is 2. The number of hydrogen-bond acceptors (Lipinski definition) is 7. The maximum absolute atomic E-state index is 12.6. The summed E-state index contributed by atoms with van der Waals surface area (Å²) in [5, 5.41) is 13.9. The van der Waals surface area contributed by atoms with Crippen LogP contribution in [0.1, 0.15) is 27.2 Å². The lowest BCUT2D eigenvalue weighted by molar-refractivity contribution is 0.103. The molecule has 4 aromatic rings. The summed E-state index contributed by atoms with van der Waals surface area (Å²) >= 11 is 0. The second-order valence-electron chi connectivity index (χ2n) is 6.42. The molecular weight excluding hydrogens is 354 g/mol. The molecule has 2 aromatic heterocycles. The average molecular weight is 371 g/mol. The molecule has 0 aliphatic carbocycles. The molecule has 28 heavy (non-hydrogen) atoms. The fourth-order valence-corrected chi connectivity index (χ4v) is 2.89. The summed E-state index contributed by atoms with van der Waals surface area (Å²) in [5.41, 5.74) is 3.04. The van der Waals surface area contributed by atoms with Gasteiger partial charge in [-0.25, -0.2) is 19.9 Å². The van der Waals surface area contributed by atoms with Crippen LogP contribution in [-0.4, -0.2) is 30.8 Å². The van der Waals surface area contributed by atoms with E-state index in [1.54, 1.807) is 12.1 Å². The monoisotopic (exact) mass is 371 g/mol. The van der Waals surface area contributed by atoms with Crippen molar-refractivity contribution in [3.8, 4) is 5.75 Å². The van der Waals surface area contributed by atoms with E-state index in [1.165, 1.54) is 18.5 Å². The lowest BCUT2D eigenvalue weighted by Crippen LogP contribution is -2.07.